The van der Waals surface area contributed by atoms with E-state index in [1.807, 2.05) is 16.9 Å². The maximum Gasteiger partial charge on any atom is 0.189 e. The van der Waals surface area contributed by atoms with Crippen molar-refractivity contribution in [1.29, 1.82) is 0 Å². The number of nitrogens with one attached hydrogen (secondary N) is 1. The Morgan fingerprint density at radius 1 is 1.22 bits per heavy atom. The van der Waals surface area contributed by atoms with Gasteiger partial charge in [0.1, 0.15) is 0 Å². The number of rotatable bonds is 5. The smallest absolute Gasteiger partial charge is 0.189 e. The highest BCUT2D eigenvalue weighted by Crippen LogP contribution is 2.17. The average Bonchev–Trinajstić information content (AvgIpc) is 3.07. The van der Waals surface area contributed by atoms with Gasteiger partial charge in [-0.2, -0.15) is 5.10 Å². The molecule has 122 valence electrons. The van der Waals surface area contributed by atoms with Gasteiger partial charge >= 0.3 is 0 Å². The summed E-state index contributed by atoms with van der Waals surface area (Å²) in [6, 6.07) is 10.9. The molecule has 1 aromatic heterocycles. The monoisotopic (exact) mass is 311 g/mol. The van der Waals surface area contributed by atoms with Gasteiger partial charge in [0.15, 0.2) is 5.96 Å². The van der Waals surface area contributed by atoms with Crippen LogP contribution in [0.4, 0.5) is 0 Å². The Labute approximate surface area is 137 Å². The zero-order valence-corrected chi connectivity index (χ0v) is 13.5. The summed E-state index contributed by atoms with van der Waals surface area (Å²) in [5.41, 5.74) is 8.42. The van der Waals surface area contributed by atoms with E-state index in [1.165, 1.54) is 43.2 Å². The van der Waals surface area contributed by atoms with E-state index >= 15 is 0 Å². The topological polar surface area (TPSA) is 68.2 Å². The van der Waals surface area contributed by atoms with Gasteiger partial charge in [-0.05, 0) is 30.0 Å². The summed E-state index contributed by atoms with van der Waals surface area (Å²) < 4.78 is 1.92. The standard InChI is InChI=1S/C18H25N5/c19-18(22-17-8-2-1-3-9-17)20-13-15-6-4-7-16(12-15)14-23-11-5-10-21-23/h4-7,10-12,17H,1-3,8-9,13-14H2,(H3,19,20,22). The molecule has 3 rings (SSSR count). The van der Waals surface area contributed by atoms with E-state index in [0.29, 0.717) is 18.5 Å². The van der Waals surface area contributed by atoms with Crippen LogP contribution in [-0.2, 0) is 13.1 Å². The van der Waals surface area contributed by atoms with Gasteiger partial charge in [-0.1, -0.05) is 43.5 Å². The molecule has 1 saturated carbocycles. The van der Waals surface area contributed by atoms with Crippen molar-refractivity contribution in [3.8, 4) is 0 Å². The van der Waals surface area contributed by atoms with Crippen LogP contribution in [0.2, 0.25) is 0 Å². The van der Waals surface area contributed by atoms with Crippen molar-refractivity contribution in [2.75, 3.05) is 0 Å². The first-order valence-corrected chi connectivity index (χ1v) is 8.41. The lowest BCUT2D eigenvalue weighted by atomic mass is 9.96. The molecule has 2 aromatic rings. The molecule has 1 aliphatic rings. The third kappa shape index (κ3) is 4.84. The number of benzene rings is 1. The van der Waals surface area contributed by atoms with E-state index in [-0.39, 0.29) is 0 Å². The summed E-state index contributed by atoms with van der Waals surface area (Å²) in [5.74, 6) is 0.564. The Morgan fingerprint density at radius 2 is 2.04 bits per heavy atom. The van der Waals surface area contributed by atoms with Gasteiger partial charge in [0, 0.05) is 18.4 Å². The van der Waals surface area contributed by atoms with Gasteiger partial charge < -0.3 is 11.1 Å². The summed E-state index contributed by atoms with van der Waals surface area (Å²) in [4.78, 5) is 4.49. The van der Waals surface area contributed by atoms with Crippen molar-refractivity contribution in [2.45, 2.75) is 51.2 Å². The molecule has 23 heavy (non-hydrogen) atoms. The number of nitrogens with zero attached hydrogens (tertiary/aromatic N) is 3. The molecule has 0 aliphatic heterocycles. The number of aromatic nitrogens is 2. The third-order valence-electron chi connectivity index (χ3n) is 4.28. The van der Waals surface area contributed by atoms with Crippen molar-refractivity contribution in [3.63, 3.8) is 0 Å². The van der Waals surface area contributed by atoms with E-state index in [2.05, 4.69) is 39.7 Å². The van der Waals surface area contributed by atoms with Crippen LogP contribution in [0, 0.1) is 0 Å². The van der Waals surface area contributed by atoms with Crippen LogP contribution >= 0.6 is 0 Å². The van der Waals surface area contributed by atoms with Gasteiger partial charge in [0.25, 0.3) is 0 Å². The quantitative estimate of drug-likeness (QED) is 0.659. The van der Waals surface area contributed by atoms with E-state index in [4.69, 9.17) is 5.73 Å². The number of guanidine groups is 1. The molecule has 1 aromatic carbocycles. The Hall–Kier alpha value is -2.30. The van der Waals surface area contributed by atoms with Gasteiger partial charge in [0.05, 0.1) is 13.1 Å². The third-order valence-corrected chi connectivity index (χ3v) is 4.28. The van der Waals surface area contributed by atoms with Crippen LogP contribution in [0.3, 0.4) is 0 Å². The second-order valence-corrected chi connectivity index (χ2v) is 6.20. The first kappa shape index (κ1) is 15.6. The molecule has 1 aliphatic carbocycles. The van der Waals surface area contributed by atoms with Gasteiger partial charge in [-0.25, -0.2) is 4.99 Å². The lowest BCUT2D eigenvalue weighted by molar-refractivity contribution is 0.412. The molecule has 0 saturated heterocycles. The molecule has 3 N–H and O–H groups in total. The molecule has 0 amide bonds. The molecule has 1 fully saturated rings. The first-order chi connectivity index (χ1) is 11.3. The molecule has 0 bridgehead atoms. The fourth-order valence-electron chi connectivity index (χ4n) is 3.09. The molecule has 1 heterocycles. The fraction of sp³-hybridized carbons (Fsp3) is 0.444. The second-order valence-electron chi connectivity index (χ2n) is 6.20. The first-order valence-electron chi connectivity index (χ1n) is 8.41. The normalized spacial score (nSPS) is 16.4. The fourth-order valence-corrected chi connectivity index (χ4v) is 3.09. The molecule has 0 unspecified atom stereocenters. The van der Waals surface area contributed by atoms with Crippen molar-refractivity contribution in [2.24, 2.45) is 10.7 Å². The van der Waals surface area contributed by atoms with Crippen molar-refractivity contribution < 1.29 is 0 Å². The predicted octanol–water partition coefficient (Wildman–Crippen LogP) is 2.67. The van der Waals surface area contributed by atoms with Gasteiger partial charge in [0.2, 0.25) is 0 Å². The second kappa shape index (κ2) is 7.81. The summed E-state index contributed by atoms with van der Waals surface area (Å²) in [5, 5.41) is 7.59. The van der Waals surface area contributed by atoms with Crippen LogP contribution in [0.1, 0.15) is 43.2 Å². The number of hydrogen-bond acceptors (Lipinski definition) is 2. The highest BCUT2D eigenvalue weighted by Gasteiger charge is 2.13. The summed E-state index contributed by atoms with van der Waals surface area (Å²) >= 11 is 0. The average molecular weight is 311 g/mol. The zero-order valence-electron chi connectivity index (χ0n) is 13.5. The minimum absolute atomic E-state index is 0.499. The highest BCUT2D eigenvalue weighted by molar-refractivity contribution is 5.78. The van der Waals surface area contributed by atoms with Crippen molar-refractivity contribution in [3.05, 3.63) is 53.9 Å². The minimum Gasteiger partial charge on any atom is -0.370 e. The summed E-state index contributed by atoms with van der Waals surface area (Å²) in [6.45, 7) is 1.39. The van der Waals surface area contributed by atoms with Crippen LogP contribution in [0.25, 0.3) is 0 Å². The van der Waals surface area contributed by atoms with Crippen molar-refractivity contribution in [1.82, 2.24) is 15.1 Å². The largest absolute Gasteiger partial charge is 0.370 e. The highest BCUT2D eigenvalue weighted by atomic mass is 15.3. The minimum atomic E-state index is 0.499. The van der Waals surface area contributed by atoms with E-state index in [9.17, 15) is 0 Å². The number of nitrogens with two attached hydrogens (primary N) is 1. The van der Waals surface area contributed by atoms with Crippen LogP contribution in [-0.4, -0.2) is 21.8 Å². The zero-order chi connectivity index (χ0) is 15.9. The Bertz CT molecular complexity index is 627. The lowest BCUT2D eigenvalue weighted by Gasteiger charge is -2.23. The molecule has 0 spiro atoms. The molecule has 5 heteroatoms. The van der Waals surface area contributed by atoms with Crippen LogP contribution < -0.4 is 11.1 Å². The summed E-state index contributed by atoms with van der Waals surface area (Å²) in [6.07, 6.45) is 10.1. The molecule has 0 atom stereocenters. The molecular weight excluding hydrogens is 286 g/mol. The Morgan fingerprint density at radius 3 is 2.83 bits per heavy atom. The van der Waals surface area contributed by atoms with E-state index < -0.39 is 0 Å². The van der Waals surface area contributed by atoms with Gasteiger partial charge in [-0.15, -0.1) is 0 Å². The summed E-state index contributed by atoms with van der Waals surface area (Å²) in [7, 11) is 0. The molecule has 0 radical (unpaired) electrons. The van der Waals surface area contributed by atoms with E-state index in [0.717, 1.165) is 6.54 Å². The van der Waals surface area contributed by atoms with Crippen LogP contribution in [0.5, 0.6) is 0 Å². The van der Waals surface area contributed by atoms with E-state index in [1.54, 1.807) is 6.20 Å². The molecule has 5 nitrogen and oxygen atoms in total. The molecular formula is C18H25N5. The van der Waals surface area contributed by atoms with Gasteiger partial charge in [-0.3, -0.25) is 4.68 Å². The SMILES string of the molecule is NC(=NCc1cccc(Cn2cccn2)c1)NC1CCCCC1. The van der Waals surface area contributed by atoms with Crippen molar-refractivity contribution >= 4 is 5.96 Å². The predicted molar refractivity (Wildman–Crippen MR) is 93.1 cm³/mol. The van der Waals surface area contributed by atoms with Crippen LogP contribution in [0.15, 0.2) is 47.7 Å². The number of hydrogen-bond donors (Lipinski definition) is 2. The Kier molecular flexibility index (Phi) is 5.29. The lowest BCUT2D eigenvalue weighted by Crippen LogP contribution is -2.41. The number of aliphatic imine (C=N–C) groups is 1. The maximum absolute atomic E-state index is 6.02. The maximum atomic E-state index is 6.02. The Balaban J connectivity index is 1.55.